The Labute approximate surface area is 89.9 Å². The molecule has 0 N–H and O–H groups in total. The van der Waals surface area contributed by atoms with Gasteiger partial charge in [-0.3, -0.25) is 0 Å². The van der Waals surface area contributed by atoms with Crippen LogP contribution in [0.2, 0.25) is 0 Å². The van der Waals surface area contributed by atoms with Gasteiger partial charge in [-0.2, -0.15) is 0 Å². The molecular weight excluding hydrogens is 170 g/mol. The Morgan fingerprint density at radius 2 is 1.50 bits per heavy atom. The summed E-state index contributed by atoms with van der Waals surface area (Å²) >= 11 is 0. The van der Waals surface area contributed by atoms with Crippen LogP contribution < -0.4 is 0 Å². The molecule has 1 fully saturated rings. The Bertz CT molecular complexity index is 165. The van der Waals surface area contributed by atoms with Gasteiger partial charge in [-0.15, -0.1) is 0 Å². The fraction of sp³-hybridized carbons (Fsp3) is 1.00. The Hall–Kier alpha value is -0.0400. The summed E-state index contributed by atoms with van der Waals surface area (Å²) in [6.45, 7) is 8.55. The molecule has 1 rings (SSSR count). The summed E-state index contributed by atoms with van der Waals surface area (Å²) < 4.78 is 0. The highest BCUT2D eigenvalue weighted by Crippen LogP contribution is 2.39. The second kappa shape index (κ2) is 5.16. The van der Waals surface area contributed by atoms with E-state index in [1.54, 1.807) is 0 Å². The standard InChI is InChI=1S/C13H27N/c1-6-12-7-8-13(9-14(4)5)11(3)10(12)2/h10-13H,6-9H2,1-5H3. The minimum Gasteiger partial charge on any atom is -0.309 e. The molecule has 4 unspecified atom stereocenters. The van der Waals surface area contributed by atoms with Crippen LogP contribution in [0.5, 0.6) is 0 Å². The molecule has 1 aliphatic carbocycles. The molecule has 0 aliphatic heterocycles. The highest BCUT2D eigenvalue weighted by molar-refractivity contribution is 4.83. The van der Waals surface area contributed by atoms with Gasteiger partial charge in [0.05, 0.1) is 0 Å². The molecule has 1 saturated carbocycles. The molecule has 1 nitrogen and oxygen atoms in total. The summed E-state index contributed by atoms with van der Waals surface area (Å²) in [5, 5.41) is 0. The normalized spacial score (nSPS) is 39.0. The number of rotatable bonds is 3. The monoisotopic (exact) mass is 197 g/mol. The molecule has 84 valence electrons. The molecular formula is C13H27N. The molecule has 0 aromatic carbocycles. The van der Waals surface area contributed by atoms with Gasteiger partial charge in [-0.1, -0.05) is 27.2 Å². The summed E-state index contributed by atoms with van der Waals surface area (Å²) in [5.41, 5.74) is 0. The smallest absolute Gasteiger partial charge is 0.000621 e. The Balaban J connectivity index is 2.50. The van der Waals surface area contributed by atoms with E-state index in [0.29, 0.717) is 0 Å². The molecule has 0 amide bonds. The lowest BCUT2D eigenvalue weighted by atomic mass is 9.67. The zero-order valence-corrected chi connectivity index (χ0v) is 10.6. The van der Waals surface area contributed by atoms with Crippen LogP contribution in [0.15, 0.2) is 0 Å². The molecule has 0 saturated heterocycles. The van der Waals surface area contributed by atoms with Gasteiger partial charge in [0.25, 0.3) is 0 Å². The molecule has 0 aromatic rings. The molecule has 1 aliphatic rings. The van der Waals surface area contributed by atoms with Gasteiger partial charge in [0.15, 0.2) is 0 Å². The van der Waals surface area contributed by atoms with Crippen LogP contribution >= 0.6 is 0 Å². The van der Waals surface area contributed by atoms with Crippen molar-refractivity contribution in [2.45, 2.75) is 40.0 Å². The zero-order valence-electron chi connectivity index (χ0n) is 10.6. The predicted molar refractivity (Wildman–Crippen MR) is 63.4 cm³/mol. The SMILES string of the molecule is CCC1CCC(CN(C)C)C(C)C1C. The zero-order chi connectivity index (χ0) is 10.7. The third-order valence-electron chi connectivity index (χ3n) is 4.35. The lowest BCUT2D eigenvalue weighted by Crippen LogP contribution is -2.36. The van der Waals surface area contributed by atoms with Crippen molar-refractivity contribution in [2.24, 2.45) is 23.7 Å². The van der Waals surface area contributed by atoms with Crippen molar-refractivity contribution >= 4 is 0 Å². The first-order valence-electron chi connectivity index (χ1n) is 6.21. The topological polar surface area (TPSA) is 3.24 Å². The van der Waals surface area contributed by atoms with Crippen LogP contribution in [0.4, 0.5) is 0 Å². The molecule has 14 heavy (non-hydrogen) atoms. The van der Waals surface area contributed by atoms with Crippen LogP contribution in [0.25, 0.3) is 0 Å². The van der Waals surface area contributed by atoms with Gasteiger partial charge in [0.2, 0.25) is 0 Å². The van der Waals surface area contributed by atoms with Gasteiger partial charge in [-0.25, -0.2) is 0 Å². The first-order chi connectivity index (χ1) is 6.56. The van der Waals surface area contributed by atoms with Crippen LogP contribution in [-0.4, -0.2) is 25.5 Å². The highest BCUT2D eigenvalue weighted by atomic mass is 15.1. The molecule has 0 radical (unpaired) electrons. The second-order valence-electron chi connectivity index (χ2n) is 5.49. The van der Waals surface area contributed by atoms with Crippen molar-refractivity contribution in [3.05, 3.63) is 0 Å². The average Bonchev–Trinajstić information content (AvgIpc) is 2.13. The van der Waals surface area contributed by atoms with Gasteiger partial charge in [0.1, 0.15) is 0 Å². The quantitative estimate of drug-likeness (QED) is 0.671. The molecule has 0 heterocycles. The van der Waals surface area contributed by atoms with E-state index in [2.05, 4.69) is 39.8 Å². The van der Waals surface area contributed by atoms with E-state index in [9.17, 15) is 0 Å². The predicted octanol–water partition coefficient (Wildman–Crippen LogP) is 3.26. The lowest BCUT2D eigenvalue weighted by molar-refractivity contribution is 0.0928. The van der Waals surface area contributed by atoms with Crippen molar-refractivity contribution in [1.82, 2.24) is 4.90 Å². The van der Waals surface area contributed by atoms with Crippen LogP contribution in [-0.2, 0) is 0 Å². The Morgan fingerprint density at radius 1 is 1.00 bits per heavy atom. The van der Waals surface area contributed by atoms with E-state index in [-0.39, 0.29) is 0 Å². The molecule has 1 heteroatoms. The van der Waals surface area contributed by atoms with E-state index >= 15 is 0 Å². The summed E-state index contributed by atoms with van der Waals surface area (Å²) in [6.07, 6.45) is 4.28. The van der Waals surface area contributed by atoms with Gasteiger partial charge >= 0.3 is 0 Å². The first kappa shape index (κ1) is 12.0. The van der Waals surface area contributed by atoms with E-state index in [1.807, 2.05) is 0 Å². The highest BCUT2D eigenvalue weighted by Gasteiger charge is 2.32. The molecule has 0 aromatic heterocycles. The van der Waals surface area contributed by atoms with E-state index < -0.39 is 0 Å². The Morgan fingerprint density at radius 3 is 2.00 bits per heavy atom. The van der Waals surface area contributed by atoms with Crippen molar-refractivity contribution in [3.63, 3.8) is 0 Å². The summed E-state index contributed by atoms with van der Waals surface area (Å²) in [4.78, 5) is 2.35. The molecule has 0 bridgehead atoms. The van der Waals surface area contributed by atoms with Crippen molar-refractivity contribution in [3.8, 4) is 0 Å². The lowest BCUT2D eigenvalue weighted by Gasteiger charge is -2.40. The van der Waals surface area contributed by atoms with Crippen LogP contribution in [0.3, 0.4) is 0 Å². The van der Waals surface area contributed by atoms with Crippen molar-refractivity contribution in [1.29, 1.82) is 0 Å². The van der Waals surface area contributed by atoms with Gasteiger partial charge < -0.3 is 4.90 Å². The summed E-state index contributed by atoms with van der Waals surface area (Å²) in [7, 11) is 4.40. The van der Waals surface area contributed by atoms with E-state index in [4.69, 9.17) is 0 Å². The average molecular weight is 197 g/mol. The molecule has 0 spiro atoms. The fourth-order valence-electron chi connectivity index (χ4n) is 3.12. The van der Waals surface area contributed by atoms with Crippen molar-refractivity contribution in [2.75, 3.05) is 20.6 Å². The largest absolute Gasteiger partial charge is 0.309 e. The maximum atomic E-state index is 2.46. The first-order valence-corrected chi connectivity index (χ1v) is 6.21. The fourth-order valence-corrected chi connectivity index (χ4v) is 3.12. The van der Waals surface area contributed by atoms with E-state index in [0.717, 1.165) is 23.7 Å². The third-order valence-corrected chi connectivity index (χ3v) is 4.35. The van der Waals surface area contributed by atoms with Crippen LogP contribution in [0, 0.1) is 23.7 Å². The number of hydrogen-bond acceptors (Lipinski definition) is 1. The van der Waals surface area contributed by atoms with Crippen LogP contribution in [0.1, 0.15) is 40.0 Å². The number of hydrogen-bond donors (Lipinski definition) is 0. The second-order valence-corrected chi connectivity index (χ2v) is 5.49. The van der Waals surface area contributed by atoms with Gasteiger partial charge in [0, 0.05) is 6.54 Å². The third kappa shape index (κ3) is 2.73. The maximum absolute atomic E-state index is 2.46. The van der Waals surface area contributed by atoms with Crippen molar-refractivity contribution < 1.29 is 0 Å². The number of nitrogens with zero attached hydrogens (tertiary/aromatic N) is 1. The Kier molecular flexibility index (Phi) is 4.43. The minimum absolute atomic E-state index is 0.913. The summed E-state index contributed by atoms with van der Waals surface area (Å²) in [6, 6.07) is 0. The maximum Gasteiger partial charge on any atom is 0.000621 e. The molecule has 4 atom stereocenters. The van der Waals surface area contributed by atoms with E-state index in [1.165, 1.54) is 25.8 Å². The minimum atomic E-state index is 0.913. The summed E-state index contributed by atoms with van der Waals surface area (Å²) in [5.74, 6) is 3.76. The van der Waals surface area contributed by atoms with Gasteiger partial charge in [-0.05, 0) is 50.6 Å².